The van der Waals surface area contributed by atoms with E-state index in [-0.39, 0.29) is 10.9 Å². The molecule has 0 saturated heterocycles. The molecule has 1 aromatic heterocycles. The average molecular weight is 370 g/mol. The zero-order valence-electron chi connectivity index (χ0n) is 11.0. The molecule has 0 aliphatic rings. The van der Waals surface area contributed by atoms with E-state index in [9.17, 15) is 13.2 Å². The Morgan fingerprint density at radius 2 is 2.00 bits per heavy atom. The van der Waals surface area contributed by atoms with Crippen molar-refractivity contribution in [2.45, 2.75) is 5.03 Å². The summed E-state index contributed by atoms with van der Waals surface area (Å²) in [5, 5.41) is 2.58. The molecule has 110 valence electrons. The minimum absolute atomic E-state index is 0.0456. The number of pyridine rings is 1. The van der Waals surface area contributed by atoms with Crippen molar-refractivity contribution >= 4 is 43.0 Å². The first-order valence-corrected chi connectivity index (χ1v) is 8.48. The first-order valence-electron chi connectivity index (χ1n) is 5.80. The van der Waals surface area contributed by atoms with Crippen molar-refractivity contribution in [3.05, 3.63) is 46.6 Å². The Labute approximate surface area is 130 Å². The zero-order valence-corrected chi connectivity index (χ0v) is 13.4. The number of sulfone groups is 1. The first kappa shape index (κ1) is 15.5. The van der Waals surface area contributed by atoms with Crippen molar-refractivity contribution in [2.24, 2.45) is 0 Å². The van der Waals surface area contributed by atoms with Crippen LogP contribution in [0.2, 0.25) is 0 Å². The number of nitrogens with two attached hydrogens (primary N) is 1. The van der Waals surface area contributed by atoms with Crippen molar-refractivity contribution in [1.82, 2.24) is 4.98 Å². The quantitative estimate of drug-likeness (QED) is 0.806. The number of benzene rings is 1. The second-order valence-electron chi connectivity index (χ2n) is 4.35. The van der Waals surface area contributed by atoms with E-state index < -0.39 is 9.84 Å². The number of nitrogens with one attached hydrogen (secondary N) is 1. The Kier molecular flexibility index (Phi) is 4.29. The maximum atomic E-state index is 12.0. The number of halogens is 1. The molecule has 0 bridgehead atoms. The highest BCUT2D eigenvalue weighted by Crippen LogP contribution is 2.21. The number of aromatic nitrogens is 1. The number of carbonyl (C=O) groups is 1. The predicted octanol–water partition coefficient (Wildman–Crippen LogP) is 2.08. The Balaban J connectivity index is 2.18. The van der Waals surface area contributed by atoms with Gasteiger partial charge in [-0.25, -0.2) is 13.4 Å². The second kappa shape index (κ2) is 5.82. The molecule has 8 heteroatoms. The van der Waals surface area contributed by atoms with Gasteiger partial charge in [-0.05, 0) is 46.3 Å². The minimum atomic E-state index is -3.35. The van der Waals surface area contributed by atoms with Crippen molar-refractivity contribution in [3.8, 4) is 0 Å². The summed E-state index contributed by atoms with van der Waals surface area (Å²) in [7, 11) is -3.35. The van der Waals surface area contributed by atoms with Gasteiger partial charge in [-0.3, -0.25) is 4.79 Å². The molecule has 0 unspecified atom stereocenters. The van der Waals surface area contributed by atoms with E-state index >= 15 is 0 Å². The predicted molar refractivity (Wildman–Crippen MR) is 83.9 cm³/mol. The molecule has 6 nitrogen and oxygen atoms in total. The third-order valence-corrected chi connectivity index (χ3v) is 4.32. The van der Waals surface area contributed by atoms with Gasteiger partial charge in [-0.15, -0.1) is 0 Å². The second-order valence-corrected chi connectivity index (χ2v) is 7.16. The molecule has 2 aromatic rings. The van der Waals surface area contributed by atoms with Crippen LogP contribution < -0.4 is 11.1 Å². The molecule has 21 heavy (non-hydrogen) atoms. The lowest BCUT2D eigenvalue weighted by molar-refractivity contribution is 0.102. The summed E-state index contributed by atoms with van der Waals surface area (Å²) in [5.41, 5.74) is 7.01. The fraction of sp³-hybridized carbons (Fsp3) is 0.0769. The van der Waals surface area contributed by atoms with Gasteiger partial charge in [-0.2, -0.15) is 0 Å². The SMILES string of the molecule is CS(=O)(=O)c1ccc(NC(=O)c2ccc(N)c(Br)c2)cn1. The topological polar surface area (TPSA) is 102 Å². The molecule has 1 amide bonds. The smallest absolute Gasteiger partial charge is 0.255 e. The van der Waals surface area contributed by atoms with Gasteiger partial charge < -0.3 is 11.1 Å². The van der Waals surface area contributed by atoms with Gasteiger partial charge in [0, 0.05) is 22.0 Å². The van der Waals surface area contributed by atoms with Gasteiger partial charge in [0.15, 0.2) is 14.9 Å². The Hall–Kier alpha value is -1.93. The summed E-state index contributed by atoms with van der Waals surface area (Å²) < 4.78 is 23.2. The Morgan fingerprint density at radius 3 is 2.52 bits per heavy atom. The van der Waals surface area contributed by atoms with Crippen LogP contribution in [0.4, 0.5) is 11.4 Å². The largest absolute Gasteiger partial charge is 0.398 e. The van der Waals surface area contributed by atoms with Crippen LogP contribution in [-0.4, -0.2) is 25.6 Å². The monoisotopic (exact) mass is 369 g/mol. The summed E-state index contributed by atoms with van der Waals surface area (Å²) in [6.07, 6.45) is 2.36. The maximum absolute atomic E-state index is 12.0. The summed E-state index contributed by atoms with van der Waals surface area (Å²) in [6.45, 7) is 0. The average Bonchev–Trinajstić information content (AvgIpc) is 2.41. The van der Waals surface area contributed by atoms with E-state index in [0.29, 0.717) is 21.4 Å². The summed E-state index contributed by atoms with van der Waals surface area (Å²) >= 11 is 3.25. The molecule has 0 spiro atoms. The molecule has 0 radical (unpaired) electrons. The van der Waals surface area contributed by atoms with Crippen molar-refractivity contribution in [1.29, 1.82) is 0 Å². The Bertz CT molecular complexity index is 789. The summed E-state index contributed by atoms with van der Waals surface area (Å²) in [6, 6.07) is 7.62. The number of hydrogen-bond acceptors (Lipinski definition) is 5. The molecule has 1 aromatic carbocycles. The molecule has 0 fully saturated rings. The van der Waals surface area contributed by atoms with Crippen molar-refractivity contribution in [2.75, 3.05) is 17.3 Å². The van der Waals surface area contributed by atoms with Crippen LogP contribution in [0.3, 0.4) is 0 Å². The van der Waals surface area contributed by atoms with Crippen LogP contribution in [0.15, 0.2) is 46.0 Å². The normalized spacial score (nSPS) is 11.1. The molecular formula is C13H12BrN3O3S. The highest BCUT2D eigenvalue weighted by atomic mass is 79.9. The van der Waals surface area contributed by atoms with Crippen LogP contribution in [0.1, 0.15) is 10.4 Å². The van der Waals surface area contributed by atoms with E-state index in [0.717, 1.165) is 6.26 Å². The molecule has 0 aliphatic heterocycles. The fourth-order valence-electron chi connectivity index (χ4n) is 1.55. The van der Waals surface area contributed by atoms with Gasteiger partial charge in [0.1, 0.15) is 0 Å². The number of anilines is 2. The van der Waals surface area contributed by atoms with Crippen LogP contribution in [0.5, 0.6) is 0 Å². The Morgan fingerprint density at radius 1 is 1.29 bits per heavy atom. The number of carbonyl (C=O) groups excluding carboxylic acids is 1. The lowest BCUT2D eigenvalue weighted by atomic mass is 10.2. The van der Waals surface area contributed by atoms with Crippen molar-refractivity contribution in [3.63, 3.8) is 0 Å². The molecule has 0 saturated carbocycles. The van der Waals surface area contributed by atoms with E-state index in [1.165, 1.54) is 18.3 Å². The number of amides is 1. The third kappa shape index (κ3) is 3.79. The van der Waals surface area contributed by atoms with E-state index in [4.69, 9.17) is 5.73 Å². The zero-order chi connectivity index (χ0) is 15.6. The standard InChI is InChI=1S/C13H12BrN3O3S/c1-21(19,20)12-5-3-9(7-16-12)17-13(18)8-2-4-11(15)10(14)6-8/h2-7H,15H2,1H3,(H,17,18). The van der Waals surface area contributed by atoms with Gasteiger partial charge in [0.25, 0.3) is 5.91 Å². The van der Waals surface area contributed by atoms with E-state index in [1.807, 2.05) is 0 Å². The van der Waals surface area contributed by atoms with Gasteiger partial charge >= 0.3 is 0 Å². The van der Waals surface area contributed by atoms with Gasteiger partial charge in [-0.1, -0.05) is 0 Å². The van der Waals surface area contributed by atoms with Crippen molar-refractivity contribution < 1.29 is 13.2 Å². The lowest BCUT2D eigenvalue weighted by Gasteiger charge is -2.07. The van der Waals surface area contributed by atoms with Gasteiger partial charge in [0.2, 0.25) is 0 Å². The molecule has 0 aliphatic carbocycles. The molecule has 1 heterocycles. The highest BCUT2D eigenvalue weighted by Gasteiger charge is 2.11. The minimum Gasteiger partial charge on any atom is -0.398 e. The number of nitrogens with zero attached hydrogens (tertiary/aromatic N) is 1. The molecule has 2 rings (SSSR count). The van der Waals surface area contributed by atoms with E-state index in [2.05, 4.69) is 26.2 Å². The number of rotatable bonds is 3. The van der Waals surface area contributed by atoms with Crippen LogP contribution in [0, 0.1) is 0 Å². The summed E-state index contributed by atoms with van der Waals surface area (Å²) in [4.78, 5) is 15.8. The van der Waals surface area contributed by atoms with Crippen LogP contribution >= 0.6 is 15.9 Å². The third-order valence-electron chi connectivity index (χ3n) is 2.64. The number of hydrogen-bond donors (Lipinski definition) is 2. The number of nitrogen functional groups attached to an aromatic ring is 1. The molecule has 3 N–H and O–H groups in total. The van der Waals surface area contributed by atoms with Gasteiger partial charge in [0.05, 0.1) is 11.9 Å². The molecule has 0 atom stereocenters. The van der Waals surface area contributed by atoms with Crippen LogP contribution in [-0.2, 0) is 9.84 Å². The fourth-order valence-corrected chi connectivity index (χ4v) is 2.48. The van der Waals surface area contributed by atoms with Crippen LogP contribution in [0.25, 0.3) is 0 Å². The summed E-state index contributed by atoms with van der Waals surface area (Å²) in [5.74, 6) is -0.343. The maximum Gasteiger partial charge on any atom is 0.255 e. The molecular weight excluding hydrogens is 358 g/mol. The van der Waals surface area contributed by atoms with E-state index in [1.54, 1.807) is 18.2 Å². The lowest BCUT2D eigenvalue weighted by Crippen LogP contribution is -2.12. The first-order chi connectivity index (χ1) is 9.77. The highest BCUT2D eigenvalue weighted by molar-refractivity contribution is 9.10.